The third-order valence-electron chi connectivity index (χ3n) is 2.26. The first-order valence-corrected chi connectivity index (χ1v) is 5.33. The topological polar surface area (TPSA) is 93.5 Å². The molecule has 0 aliphatic heterocycles. The van der Waals surface area contributed by atoms with E-state index in [1.165, 1.54) is 25.2 Å². The second-order valence-corrected chi connectivity index (χ2v) is 3.54. The summed E-state index contributed by atoms with van der Waals surface area (Å²) in [6.45, 7) is 0.301. The Balaban J connectivity index is 2.89. The van der Waals surface area contributed by atoms with Crippen LogP contribution in [0.5, 0.6) is 5.75 Å². The molecule has 0 aliphatic carbocycles. The van der Waals surface area contributed by atoms with Gasteiger partial charge in [-0.25, -0.2) is 0 Å². The van der Waals surface area contributed by atoms with Crippen molar-refractivity contribution in [3.8, 4) is 5.75 Å². The zero-order chi connectivity index (χ0) is 13.5. The van der Waals surface area contributed by atoms with Gasteiger partial charge in [-0.1, -0.05) is 0 Å². The van der Waals surface area contributed by atoms with E-state index in [4.69, 9.17) is 4.74 Å². The quantitative estimate of drug-likeness (QED) is 0.566. The molecule has 18 heavy (non-hydrogen) atoms. The highest BCUT2D eigenvalue weighted by molar-refractivity contribution is 5.77. The predicted molar refractivity (Wildman–Crippen MR) is 65.4 cm³/mol. The van der Waals surface area contributed by atoms with Crippen molar-refractivity contribution in [1.82, 2.24) is 10.6 Å². The van der Waals surface area contributed by atoms with Gasteiger partial charge in [-0.15, -0.1) is 0 Å². The van der Waals surface area contributed by atoms with Gasteiger partial charge in [0.15, 0.2) is 6.61 Å². The van der Waals surface area contributed by atoms with Crippen LogP contribution in [0.25, 0.3) is 0 Å². The number of ether oxygens (including phenoxy) is 1. The maximum Gasteiger partial charge on any atom is 0.270 e. The number of carbonyl (C=O) groups excluding carboxylic acids is 1. The molecule has 0 atom stereocenters. The number of nitro groups is 1. The molecular formula is C11H15N3O4. The van der Waals surface area contributed by atoms with Gasteiger partial charge in [0.05, 0.1) is 4.92 Å². The molecule has 0 fully saturated rings. The summed E-state index contributed by atoms with van der Waals surface area (Å²) < 4.78 is 5.30. The molecule has 0 bridgehead atoms. The zero-order valence-corrected chi connectivity index (χ0v) is 10.2. The van der Waals surface area contributed by atoms with E-state index >= 15 is 0 Å². The summed E-state index contributed by atoms with van der Waals surface area (Å²) >= 11 is 0. The molecule has 0 aliphatic rings. The minimum absolute atomic E-state index is 0.00690. The maximum absolute atomic E-state index is 11.1. The van der Waals surface area contributed by atoms with E-state index in [1.54, 1.807) is 7.05 Å². The third-order valence-corrected chi connectivity index (χ3v) is 2.26. The fourth-order valence-corrected chi connectivity index (χ4v) is 1.36. The maximum atomic E-state index is 11.1. The van der Waals surface area contributed by atoms with Gasteiger partial charge in [-0.3, -0.25) is 14.9 Å². The Morgan fingerprint density at radius 2 is 2.17 bits per heavy atom. The Bertz CT molecular complexity index is 448. The van der Waals surface area contributed by atoms with Crippen LogP contribution in [0.2, 0.25) is 0 Å². The molecule has 0 aromatic heterocycles. The Labute approximate surface area is 104 Å². The molecule has 2 N–H and O–H groups in total. The molecule has 0 saturated heterocycles. The number of non-ortho nitro benzene ring substituents is 1. The van der Waals surface area contributed by atoms with E-state index in [-0.39, 0.29) is 18.2 Å². The van der Waals surface area contributed by atoms with Crippen LogP contribution in [0.1, 0.15) is 5.56 Å². The van der Waals surface area contributed by atoms with Crippen LogP contribution in [0, 0.1) is 10.1 Å². The van der Waals surface area contributed by atoms with Crippen molar-refractivity contribution in [2.75, 3.05) is 20.7 Å². The van der Waals surface area contributed by atoms with Crippen LogP contribution in [0.3, 0.4) is 0 Å². The van der Waals surface area contributed by atoms with Crippen molar-refractivity contribution in [2.45, 2.75) is 6.54 Å². The van der Waals surface area contributed by atoms with E-state index in [0.29, 0.717) is 17.9 Å². The fourth-order valence-electron chi connectivity index (χ4n) is 1.36. The van der Waals surface area contributed by atoms with Gasteiger partial charge in [0.1, 0.15) is 5.75 Å². The molecule has 0 unspecified atom stereocenters. The smallest absolute Gasteiger partial charge is 0.270 e. The zero-order valence-electron chi connectivity index (χ0n) is 10.2. The number of nitro benzene ring substituents is 1. The number of nitrogens with zero attached hydrogens (tertiary/aromatic N) is 1. The molecular weight excluding hydrogens is 238 g/mol. The van der Waals surface area contributed by atoms with Crippen LogP contribution in [-0.2, 0) is 11.3 Å². The largest absolute Gasteiger partial charge is 0.483 e. The fraction of sp³-hybridized carbons (Fsp3) is 0.364. The number of nitrogens with one attached hydrogen (secondary N) is 2. The summed E-state index contributed by atoms with van der Waals surface area (Å²) in [5.41, 5.74) is 0.628. The van der Waals surface area contributed by atoms with Crippen molar-refractivity contribution in [3.63, 3.8) is 0 Å². The molecule has 0 spiro atoms. The molecule has 1 aromatic carbocycles. The Hall–Kier alpha value is -2.15. The number of hydrogen-bond donors (Lipinski definition) is 2. The van der Waals surface area contributed by atoms with Gasteiger partial charge < -0.3 is 15.4 Å². The summed E-state index contributed by atoms with van der Waals surface area (Å²) in [6, 6.07) is 4.27. The molecule has 0 radical (unpaired) electrons. The van der Waals surface area contributed by atoms with Gasteiger partial charge >= 0.3 is 0 Å². The van der Waals surface area contributed by atoms with Gasteiger partial charge in [-0.2, -0.15) is 0 Å². The Kier molecular flexibility index (Phi) is 5.06. The first kappa shape index (κ1) is 13.9. The van der Waals surface area contributed by atoms with Gasteiger partial charge in [0.2, 0.25) is 0 Å². The van der Waals surface area contributed by atoms with E-state index < -0.39 is 4.92 Å². The monoisotopic (exact) mass is 253 g/mol. The summed E-state index contributed by atoms with van der Waals surface area (Å²) in [4.78, 5) is 21.3. The van der Waals surface area contributed by atoms with Crippen molar-refractivity contribution in [3.05, 3.63) is 33.9 Å². The normalized spacial score (nSPS) is 9.89. The molecule has 98 valence electrons. The van der Waals surface area contributed by atoms with Crippen LogP contribution in [0.15, 0.2) is 18.2 Å². The molecule has 1 rings (SSSR count). The van der Waals surface area contributed by atoms with E-state index in [1.807, 2.05) is 0 Å². The number of carbonyl (C=O) groups is 1. The summed E-state index contributed by atoms with van der Waals surface area (Å²) in [5.74, 6) is 0.197. The van der Waals surface area contributed by atoms with Crippen LogP contribution in [0.4, 0.5) is 5.69 Å². The predicted octanol–water partition coefficient (Wildman–Crippen LogP) is 0.439. The van der Waals surface area contributed by atoms with Gasteiger partial charge in [0, 0.05) is 31.3 Å². The molecule has 0 saturated carbocycles. The first-order valence-electron chi connectivity index (χ1n) is 5.33. The number of hydrogen-bond acceptors (Lipinski definition) is 5. The lowest BCUT2D eigenvalue weighted by molar-refractivity contribution is -0.384. The van der Waals surface area contributed by atoms with Gasteiger partial charge in [0.25, 0.3) is 11.6 Å². The van der Waals surface area contributed by atoms with Crippen LogP contribution < -0.4 is 15.4 Å². The van der Waals surface area contributed by atoms with E-state index in [9.17, 15) is 14.9 Å². The van der Waals surface area contributed by atoms with Crippen LogP contribution in [-0.4, -0.2) is 31.5 Å². The molecule has 1 aromatic rings. The number of benzene rings is 1. The highest BCUT2D eigenvalue weighted by Crippen LogP contribution is 2.24. The lowest BCUT2D eigenvalue weighted by atomic mass is 10.2. The molecule has 0 heterocycles. The van der Waals surface area contributed by atoms with Gasteiger partial charge in [-0.05, 0) is 13.1 Å². The minimum Gasteiger partial charge on any atom is -0.483 e. The number of rotatable bonds is 6. The number of likely N-dealkylation sites (N-methyl/N-ethyl adjacent to an activating group) is 1. The van der Waals surface area contributed by atoms with Crippen LogP contribution >= 0.6 is 0 Å². The van der Waals surface area contributed by atoms with Crippen molar-refractivity contribution in [1.29, 1.82) is 0 Å². The standard InChI is InChI=1S/C11H15N3O4/c1-12-6-8-5-9(14(16)17)3-4-10(8)18-7-11(15)13-2/h3-5,12H,6-7H2,1-2H3,(H,13,15). The molecule has 7 nitrogen and oxygen atoms in total. The molecule has 1 amide bonds. The summed E-state index contributed by atoms with van der Waals surface area (Å²) in [7, 11) is 3.23. The summed E-state index contributed by atoms with van der Waals surface area (Å²) in [5, 5.41) is 16.0. The number of amides is 1. The van der Waals surface area contributed by atoms with E-state index in [2.05, 4.69) is 10.6 Å². The Morgan fingerprint density at radius 1 is 1.44 bits per heavy atom. The van der Waals surface area contributed by atoms with Crippen molar-refractivity contribution < 1.29 is 14.5 Å². The third kappa shape index (κ3) is 3.70. The SMILES string of the molecule is CNCc1cc([N+](=O)[O-])ccc1OCC(=O)NC. The average Bonchev–Trinajstić information content (AvgIpc) is 2.36. The summed E-state index contributed by atoms with van der Waals surface area (Å²) in [6.07, 6.45) is 0. The Morgan fingerprint density at radius 3 is 2.72 bits per heavy atom. The second kappa shape index (κ2) is 6.55. The van der Waals surface area contributed by atoms with Crippen molar-refractivity contribution in [2.24, 2.45) is 0 Å². The lowest BCUT2D eigenvalue weighted by Crippen LogP contribution is -2.25. The molecule has 7 heteroatoms. The minimum atomic E-state index is -0.471. The van der Waals surface area contributed by atoms with E-state index in [0.717, 1.165) is 0 Å². The highest BCUT2D eigenvalue weighted by Gasteiger charge is 2.12. The first-order chi connectivity index (χ1) is 8.58. The highest BCUT2D eigenvalue weighted by atomic mass is 16.6. The average molecular weight is 253 g/mol. The second-order valence-electron chi connectivity index (χ2n) is 3.54. The van der Waals surface area contributed by atoms with Crippen molar-refractivity contribution >= 4 is 11.6 Å². The lowest BCUT2D eigenvalue weighted by Gasteiger charge is -2.10.